The summed E-state index contributed by atoms with van der Waals surface area (Å²) in [5.74, 6) is -1.97. The molecule has 1 aromatic rings. The van der Waals surface area contributed by atoms with Crippen molar-refractivity contribution in [2.24, 2.45) is 5.73 Å². The molecule has 1 aromatic carbocycles. The monoisotopic (exact) mass is 291 g/mol. The van der Waals surface area contributed by atoms with Gasteiger partial charge in [0.25, 0.3) is 11.8 Å². The molecule has 2 amide bonds. The summed E-state index contributed by atoms with van der Waals surface area (Å²) >= 11 is 0. The molecule has 0 spiro atoms. The number of anilines is 1. The number of carbonyl (C=O) groups is 2. The number of amides is 2. The van der Waals surface area contributed by atoms with Crippen LogP contribution < -0.4 is 21.5 Å². The smallest absolute Gasteiger partial charge is 0.405 e. The zero-order valence-electron chi connectivity index (χ0n) is 10.2. The third kappa shape index (κ3) is 4.67. The minimum Gasteiger partial charge on any atom is -0.481 e. The van der Waals surface area contributed by atoms with Gasteiger partial charge >= 0.3 is 6.18 Å². The van der Waals surface area contributed by atoms with Crippen LogP contribution in [0.3, 0.4) is 0 Å². The molecule has 0 fully saturated rings. The van der Waals surface area contributed by atoms with Gasteiger partial charge in [-0.25, -0.2) is 0 Å². The number of halogens is 3. The second-order valence-corrected chi connectivity index (χ2v) is 3.77. The van der Waals surface area contributed by atoms with E-state index >= 15 is 0 Å². The number of hydrogen-bond acceptors (Lipinski definition) is 4. The van der Waals surface area contributed by atoms with Crippen LogP contribution >= 0.6 is 0 Å². The fourth-order valence-corrected chi connectivity index (χ4v) is 1.30. The number of benzene rings is 1. The summed E-state index contributed by atoms with van der Waals surface area (Å²) in [5, 5.41) is 1.62. The van der Waals surface area contributed by atoms with Gasteiger partial charge in [0.2, 0.25) is 0 Å². The minimum atomic E-state index is -4.51. The first kappa shape index (κ1) is 15.6. The lowest BCUT2D eigenvalue weighted by atomic mass is 10.1. The molecule has 0 radical (unpaired) electrons. The Labute approximate surface area is 111 Å². The lowest BCUT2D eigenvalue weighted by Crippen LogP contribution is -2.36. The van der Waals surface area contributed by atoms with Crippen molar-refractivity contribution in [2.75, 3.05) is 18.9 Å². The third-order valence-corrected chi connectivity index (χ3v) is 2.14. The maximum absolute atomic E-state index is 11.9. The van der Waals surface area contributed by atoms with E-state index in [4.69, 9.17) is 16.2 Å². The molecule has 0 bridgehead atoms. The maximum Gasteiger partial charge on any atom is 0.405 e. The molecule has 0 atom stereocenters. The van der Waals surface area contributed by atoms with E-state index in [1.807, 2.05) is 0 Å². The SMILES string of the molecule is NC(=O)c1cccc(N)c1OCC(=O)NCC(F)(F)F. The van der Waals surface area contributed by atoms with E-state index in [0.717, 1.165) is 0 Å². The third-order valence-electron chi connectivity index (χ3n) is 2.14. The van der Waals surface area contributed by atoms with Crippen molar-refractivity contribution >= 4 is 17.5 Å². The van der Waals surface area contributed by atoms with Crippen molar-refractivity contribution in [3.63, 3.8) is 0 Å². The number of nitrogen functional groups attached to an aromatic ring is 1. The van der Waals surface area contributed by atoms with Crippen LogP contribution in [0.25, 0.3) is 0 Å². The summed E-state index contributed by atoms with van der Waals surface area (Å²) in [6.45, 7) is -2.19. The fourth-order valence-electron chi connectivity index (χ4n) is 1.30. The molecule has 0 saturated heterocycles. The first-order chi connectivity index (χ1) is 9.20. The van der Waals surface area contributed by atoms with Crippen LogP contribution in [0.2, 0.25) is 0 Å². The van der Waals surface area contributed by atoms with Crippen LogP contribution in [-0.4, -0.2) is 31.1 Å². The summed E-state index contributed by atoms with van der Waals surface area (Å²) in [6.07, 6.45) is -4.51. The average molecular weight is 291 g/mol. The Morgan fingerprint density at radius 2 is 1.95 bits per heavy atom. The Bertz CT molecular complexity index is 517. The molecule has 0 heterocycles. The molecular weight excluding hydrogens is 279 g/mol. The molecule has 110 valence electrons. The molecule has 20 heavy (non-hydrogen) atoms. The van der Waals surface area contributed by atoms with Gasteiger partial charge in [-0.05, 0) is 12.1 Å². The van der Waals surface area contributed by atoms with Crippen molar-refractivity contribution < 1.29 is 27.5 Å². The number of carbonyl (C=O) groups excluding carboxylic acids is 2. The Hall–Kier alpha value is -2.45. The highest BCUT2D eigenvalue weighted by Gasteiger charge is 2.27. The van der Waals surface area contributed by atoms with Crippen LogP contribution in [0.5, 0.6) is 5.75 Å². The number of para-hydroxylation sites is 1. The highest BCUT2D eigenvalue weighted by Crippen LogP contribution is 2.25. The summed E-state index contributed by atoms with van der Waals surface area (Å²) in [7, 11) is 0. The van der Waals surface area contributed by atoms with E-state index < -0.39 is 31.1 Å². The average Bonchev–Trinajstić information content (AvgIpc) is 2.33. The van der Waals surface area contributed by atoms with Gasteiger partial charge in [0.15, 0.2) is 12.4 Å². The molecule has 9 heteroatoms. The maximum atomic E-state index is 11.9. The molecule has 0 unspecified atom stereocenters. The standard InChI is InChI=1S/C11H12F3N3O3/c12-11(13,14)5-17-8(18)4-20-9-6(10(16)19)2-1-3-7(9)15/h1-3H,4-5,15H2,(H2,16,19)(H,17,18). The number of nitrogens with two attached hydrogens (primary N) is 2. The highest BCUT2D eigenvalue weighted by atomic mass is 19.4. The summed E-state index contributed by atoms with van der Waals surface area (Å²) < 4.78 is 40.6. The first-order valence-electron chi connectivity index (χ1n) is 5.35. The zero-order chi connectivity index (χ0) is 15.3. The molecule has 0 aromatic heterocycles. The van der Waals surface area contributed by atoms with Gasteiger partial charge in [-0.15, -0.1) is 0 Å². The zero-order valence-corrected chi connectivity index (χ0v) is 10.2. The largest absolute Gasteiger partial charge is 0.481 e. The van der Waals surface area contributed by atoms with Crippen LogP contribution in [0.1, 0.15) is 10.4 Å². The van der Waals surface area contributed by atoms with Gasteiger partial charge < -0.3 is 21.5 Å². The molecule has 5 N–H and O–H groups in total. The van der Waals surface area contributed by atoms with Crippen molar-refractivity contribution in [1.82, 2.24) is 5.32 Å². The van der Waals surface area contributed by atoms with E-state index in [9.17, 15) is 22.8 Å². The van der Waals surface area contributed by atoms with Gasteiger partial charge in [0, 0.05) is 0 Å². The van der Waals surface area contributed by atoms with Crippen LogP contribution in [0.15, 0.2) is 18.2 Å². The van der Waals surface area contributed by atoms with Crippen molar-refractivity contribution in [2.45, 2.75) is 6.18 Å². The predicted octanol–water partition coefficient (Wildman–Crippen LogP) is 0.425. The fraction of sp³-hybridized carbons (Fsp3) is 0.273. The molecule has 0 aliphatic heterocycles. The molecular formula is C11H12F3N3O3. The molecule has 1 rings (SSSR count). The number of alkyl halides is 3. The Morgan fingerprint density at radius 1 is 1.30 bits per heavy atom. The Morgan fingerprint density at radius 3 is 2.50 bits per heavy atom. The number of ether oxygens (including phenoxy) is 1. The minimum absolute atomic E-state index is 0.0462. The van der Waals surface area contributed by atoms with E-state index in [0.29, 0.717) is 0 Å². The highest BCUT2D eigenvalue weighted by molar-refractivity contribution is 5.97. The van der Waals surface area contributed by atoms with E-state index in [-0.39, 0.29) is 17.0 Å². The second-order valence-electron chi connectivity index (χ2n) is 3.77. The van der Waals surface area contributed by atoms with Crippen LogP contribution in [0, 0.1) is 0 Å². The molecule has 0 aliphatic carbocycles. The van der Waals surface area contributed by atoms with E-state index in [1.54, 1.807) is 5.32 Å². The van der Waals surface area contributed by atoms with E-state index in [2.05, 4.69) is 0 Å². The van der Waals surface area contributed by atoms with Crippen molar-refractivity contribution in [3.8, 4) is 5.75 Å². The second kappa shape index (κ2) is 6.13. The first-order valence-corrected chi connectivity index (χ1v) is 5.35. The lowest BCUT2D eigenvalue weighted by molar-refractivity contribution is -0.139. The van der Waals surface area contributed by atoms with Crippen molar-refractivity contribution in [1.29, 1.82) is 0 Å². The van der Waals surface area contributed by atoms with Crippen molar-refractivity contribution in [3.05, 3.63) is 23.8 Å². The summed E-state index contributed by atoms with van der Waals surface area (Å²) in [4.78, 5) is 22.3. The normalized spacial score (nSPS) is 10.9. The van der Waals surface area contributed by atoms with Gasteiger partial charge in [-0.3, -0.25) is 9.59 Å². The number of hydrogen-bond donors (Lipinski definition) is 3. The molecule has 6 nitrogen and oxygen atoms in total. The number of nitrogens with one attached hydrogen (secondary N) is 1. The predicted molar refractivity (Wildman–Crippen MR) is 63.9 cm³/mol. The van der Waals surface area contributed by atoms with Gasteiger partial charge in [-0.1, -0.05) is 6.07 Å². The Kier molecular flexibility index (Phi) is 4.78. The van der Waals surface area contributed by atoms with Gasteiger partial charge in [-0.2, -0.15) is 13.2 Å². The quantitative estimate of drug-likeness (QED) is 0.683. The number of primary amides is 1. The summed E-state index contributed by atoms with van der Waals surface area (Å²) in [6, 6.07) is 4.17. The Balaban J connectivity index is 2.66. The van der Waals surface area contributed by atoms with Crippen LogP contribution in [-0.2, 0) is 4.79 Å². The molecule has 0 saturated carbocycles. The van der Waals surface area contributed by atoms with Crippen LogP contribution in [0.4, 0.5) is 18.9 Å². The topological polar surface area (TPSA) is 107 Å². The molecule has 0 aliphatic rings. The van der Waals surface area contributed by atoms with Gasteiger partial charge in [0.1, 0.15) is 6.54 Å². The van der Waals surface area contributed by atoms with Gasteiger partial charge in [0.05, 0.1) is 11.3 Å². The van der Waals surface area contributed by atoms with E-state index in [1.165, 1.54) is 18.2 Å². The summed E-state index contributed by atoms with van der Waals surface area (Å²) in [5.41, 5.74) is 10.6. The number of rotatable bonds is 5. The lowest BCUT2D eigenvalue weighted by Gasteiger charge is -2.12.